The van der Waals surface area contributed by atoms with Crippen LogP contribution in [0.3, 0.4) is 0 Å². The highest BCUT2D eigenvalue weighted by Gasteiger charge is 2.21. The van der Waals surface area contributed by atoms with Gasteiger partial charge in [-0.3, -0.25) is 0 Å². The van der Waals surface area contributed by atoms with Crippen LogP contribution >= 0.6 is 0 Å². The largest absolute Gasteiger partial charge is 0.388 e. The third kappa shape index (κ3) is 1.40. The third-order valence-electron chi connectivity index (χ3n) is 2.88. The normalized spacial score (nSPS) is 26.5. The number of hydrogen-bond donors (Lipinski definition) is 1. The molecular weight excluding hydrogens is 146 g/mol. The van der Waals surface area contributed by atoms with Crippen LogP contribution in [0.15, 0.2) is 23.4 Å². The molecule has 12 heavy (non-hydrogen) atoms. The molecule has 1 heteroatoms. The van der Waals surface area contributed by atoms with Crippen molar-refractivity contribution in [2.75, 3.05) is 6.54 Å². The van der Waals surface area contributed by atoms with Crippen molar-refractivity contribution in [3.63, 3.8) is 0 Å². The van der Waals surface area contributed by atoms with E-state index in [4.69, 9.17) is 0 Å². The van der Waals surface area contributed by atoms with Crippen molar-refractivity contribution < 1.29 is 0 Å². The Morgan fingerprint density at radius 1 is 1.33 bits per heavy atom. The minimum Gasteiger partial charge on any atom is -0.388 e. The van der Waals surface area contributed by atoms with Gasteiger partial charge in [0.25, 0.3) is 0 Å². The van der Waals surface area contributed by atoms with Gasteiger partial charge in [-0.15, -0.1) is 0 Å². The maximum absolute atomic E-state index is 3.46. The zero-order valence-corrected chi connectivity index (χ0v) is 7.98. The first kappa shape index (κ1) is 7.90. The summed E-state index contributed by atoms with van der Waals surface area (Å²) >= 11 is 0. The molecule has 0 amide bonds. The highest BCUT2D eigenvalue weighted by Crippen LogP contribution is 2.32. The van der Waals surface area contributed by atoms with E-state index in [9.17, 15) is 0 Å². The van der Waals surface area contributed by atoms with Gasteiger partial charge in [-0.05, 0) is 30.3 Å². The van der Waals surface area contributed by atoms with Gasteiger partial charge in [0, 0.05) is 12.2 Å². The standard InChI is InChI=1S/C11H17N/c1-11(2)6-3-9-5-8-12-10(9)4-7-11/h3,6,12H,4-5,7-8H2,1-2H3. The molecule has 0 spiro atoms. The first-order valence-corrected chi connectivity index (χ1v) is 4.82. The number of nitrogens with one attached hydrogen (secondary N) is 1. The van der Waals surface area contributed by atoms with Crippen molar-refractivity contribution in [2.24, 2.45) is 5.41 Å². The van der Waals surface area contributed by atoms with Crippen molar-refractivity contribution in [1.82, 2.24) is 5.32 Å². The minimum absolute atomic E-state index is 0.395. The Labute approximate surface area is 74.5 Å². The van der Waals surface area contributed by atoms with Gasteiger partial charge < -0.3 is 5.32 Å². The van der Waals surface area contributed by atoms with E-state index in [0.29, 0.717) is 5.41 Å². The molecule has 0 aromatic heterocycles. The molecule has 66 valence electrons. The lowest BCUT2D eigenvalue weighted by molar-refractivity contribution is 0.436. The number of rotatable bonds is 0. The highest BCUT2D eigenvalue weighted by atomic mass is 14.9. The summed E-state index contributed by atoms with van der Waals surface area (Å²) in [6.07, 6.45) is 8.41. The van der Waals surface area contributed by atoms with Gasteiger partial charge in [-0.1, -0.05) is 26.0 Å². The van der Waals surface area contributed by atoms with Crippen molar-refractivity contribution >= 4 is 0 Å². The van der Waals surface area contributed by atoms with Gasteiger partial charge in [-0.25, -0.2) is 0 Å². The minimum atomic E-state index is 0.395. The number of allylic oxidation sites excluding steroid dienone is 3. The molecule has 1 N–H and O–H groups in total. The summed E-state index contributed by atoms with van der Waals surface area (Å²) in [6, 6.07) is 0. The van der Waals surface area contributed by atoms with Crippen LogP contribution in [0, 0.1) is 5.41 Å². The van der Waals surface area contributed by atoms with Gasteiger partial charge >= 0.3 is 0 Å². The van der Waals surface area contributed by atoms with Gasteiger partial charge in [0.2, 0.25) is 0 Å². The predicted molar refractivity (Wildman–Crippen MR) is 51.8 cm³/mol. The van der Waals surface area contributed by atoms with Gasteiger partial charge in [0.1, 0.15) is 0 Å². The molecule has 0 saturated heterocycles. The first-order valence-electron chi connectivity index (χ1n) is 4.82. The predicted octanol–water partition coefficient (Wildman–Crippen LogP) is 2.61. The lowest BCUT2D eigenvalue weighted by Crippen LogP contribution is -2.11. The van der Waals surface area contributed by atoms with Crippen molar-refractivity contribution in [1.29, 1.82) is 0 Å². The van der Waals surface area contributed by atoms with E-state index in [1.807, 2.05) is 0 Å². The topological polar surface area (TPSA) is 12.0 Å². The van der Waals surface area contributed by atoms with Crippen LogP contribution in [0.1, 0.15) is 33.1 Å². The first-order chi connectivity index (χ1) is 5.67. The maximum atomic E-state index is 3.46. The van der Waals surface area contributed by atoms with Gasteiger partial charge in [0.15, 0.2) is 0 Å². The number of hydrogen-bond acceptors (Lipinski definition) is 1. The molecular formula is C11H17N. The summed E-state index contributed by atoms with van der Waals surface area (Å²) < 4.78 is 0. The second-order valence-corrected chi connectivity index (χ2v) is 4.50. The van der Waals surface area contributed by atoms with Crippen LogP contribution in [0.5, 0.6) is 0 Å². The Kier molecular flexibility index (Phi) is 1.75. The van der Waals surface area contributed by atoms with Crippen LogP contribution in [-0.4, -0.2) is 6.54 Å². The van der Waals surface area contributed by atoms with Crippen molar-refractivity contribution in [3.8, 4) is 0 Å². The molecule has 0 fully saturated rings. The fourth-order valence-electron chi connectivity index (χ4n) is 1.90. The van der Waals surface area contributed by atoms with E-state index in [-0.39, 0.29) is 0 Å². The second-order valence-electron chi connectivity index (χ2n) is 4.50. The van der Waals surface area contributed by atoms with Gasteiger partial charge in [-0.2, -0.15) is 0 Å². The van der Waals surface area contributed by atoms with Crippen molar-refractivity contribution in [3.05, 3.63) is 23.4 Å². The van der Waals surface area contributed by atoms with Crippen LogP contribution < -0.4 is 5.32 Å². The summed E-state index contributed by atoms with van der Waals surface area (Å²) in [6.45, 7) is 5.77. The van der Waals surface area contributed by atoms with Gasteiger partial charge in [0.05, 0.1) is 0 Å². The fraction of sp³-hybridized carbons (Fsp3) is 0.636. The Bertz CT molecular complexity index is 246. The summed E-state index contributed by atoms with van der Waals surface area (Å²) in [5, 5.41) is 3.46. The van der Waals surface area contributed by atoms with E-state index in [0.717, 1.165) is 6.54 Å². The van der Waals surface area contributed by atoms with E-state index in [1.165, 1.54) is 25.0 Å². The maximum Gasteiger partial charge on any atom is 0.0185 e. The Hall–Kier alpha value is -0.720. The quantitative estimate of drug-likeness (QED) is 0.579. The van der Waals surface area contributed by atoms with Crippen LogP contribution in [0.25, 0.3) is 0 Å². The van der Waals surface area contributed by atoms with E-state index in [2.05, 4.69) is 31.3 Å². The second kappa shape index (κ2) is 2.65. The molecule has 1 aliphatic carbocycles. The molecule has 1 heterocycles. The van der Waals surface area contributed by atoms with Crippen molar-refractivity contribution in [2.45, 2.75) is 33.1 Å². The van der Waals surface area contributed by atoms with E-state index >= 15 is 0 Å². The monoisotopic (exact) mass is 163 g/mol. The molecule has 1 aliphatic heterocycles. The van der Waals surface area contributed by atoms with Crippen LogP contribution in [0.4, 0.5) is 0 Å². The average molecular weight is 163 g/mol. The Balaban J connectivity index is 2.21. The molecule has 0 aromatic rings. The molecule has 2 rings (SSSR count). The summed E-state index contributed by atoms with van der Waals surface area (Å²) in [5.74, 6) is 0. The Morgan fingerprint density at radius 2 is 2.17 bits per heavy atom. The smallest absolute Gasteiger partial charge is 0.0185 e. The fourth-order valence-corrected chi connectivity index (χ4v) is 1.90. The lowest BCUT2D eigenvalue weighted by Gasteiger charge is -2.18. The van der Waals surface area contributed by atoms with Crippen LogP contribution in [-0.2, 0) is 0 Å². The average Bonchev–Trinajstić information content (AvgIpc) is 2.40. The highest BCUT2D eigenvalue weighted by molar-refractivity contribution is 5.31. The molecule has 0 unspecified atom stereocenters. The molecule has 1 nitrogen and oxygen atoms in total. The molecule has 0 atom stereocenters. The molecule has 0 bridgehead atoms. The van der Waals surface area contributed by atoms with E-state index < -0.39 is 0 Å². The summed E-state index contributed by atoms with van der Waals surface area (Å²) in [4.78, 5) is 0. The molecule has 0 aromatic carbocycles. The third-order valence-corrected chi connectivity index (χ3v) is 2.88. The lowest BCUT2D eigenvalue weighted by atomic mass is 9.88. The zero-order valence-electron chi connectivity index (χ0n) is 7.98. The molecule has 0 radical (unpaired) electrons. The molecule has 2 aliphatic rings. The van der Waals surface area contributed by atoms with Crippen LogP contribution in [0.2, 0.25) is 0 Å². The summed E-state index contributed by atoms with van der Waals surface area (Å²) in [7, 11) is 0. The molecule has 0 saturated carbocycles. The van der Waals surface area contributed by atoms with E-state index in [1.54, 1.807) is 5.57 Å². The Morgan fingerprint density at radius 3 is 3.00 bits per heavy atom. The SMILES string of the molecule is CC1(C)C=CC2=C(CC1)NCC2. The zero-order chi connectivity index (χ0) is 8.60. The summed E-state index contributed by atoms with van der Waals surface area (Å²) in [5.41, 5.74) is 3.43.